The van der Waals surface area contributed by atoms with Crippen LogP contribution in [0.1, 0.15) is 24.2 Å². The number of Topliss-reactive ketones (excluding diaryl/α,β-unsaturated/α-hetero) is 1. The lowest BCUT2D eigenvalue weighted by molar-refractivity contribution is -0.147. The molecule has 17 nitrogen and oxygen atoms in total. The fraction of sp³-hybridized carbons (Fsp3) is 0.480. The van der Waals surface area contributed by atoms with Crippen molar-refractivity contribution in [3.8, 4) is 0 Å². The molecular weight excluding hydrogens is 943 g/mol. The molecule has 2 unspecified atom stereocenters. The lowest BCUT2D eigenvalue weighted by Gasteiger charge is -2.46. The Hall–Kier alpha value is -2.26. The van der Waals surface area contributed by atoms with E-state index in [-0.39, 0.29) is 18.7 Å². The maximum Gasteiger partial charge on any atom is 0.317 e. The molecule has 0 aliphatic rings. The number of halogens is 3. The highest BCUT2D eigenvalue weighted by Crippen LogP contribution is 2.34. The van der Waals surface area contributed by atoms with E-state index in [1.807, 2.05) is 67.8 Å². The van der Waals surface area contributed by atoms with Crippen molar-refractivity contribution >= 4 is 115 Å². The summed E-state index contributed by atoms with van der Waals surface area (Å²) in [6.07, 6.45) is 0. The molecule has 0 saturated heterocycles. The van der Waals surface area contributed by atoms with Crippen LogP contribution >= 0.6 is 67.8 Å². The lowest BCUT2D eigenvalue weighted by Crippen LogP contribution is -2.68. The van der Waals surface area contributed by atoms with Crippen LogP contribution in [0.25, 0.3) is 0 Å². The summed E-state index contributed by atoms with van der Waals surface area (Å²) in [6.45, 7) is -2.39. The van der Waals surface area contributed by atoms with Crippen LogP contribution < -0.4 is 11.1 Å². The van der Waals surface area contributed by atoms with Gasteiger partial charge in [0.1, 0.15) is 0 Å². The van der Waals surface area contributed by atoms with Gasteiger partial charge in [0.25, 0.3) is 0 Å². The zero-order valence-corrected chi connectivity index (χ0v) is 30.4. The van der Waals surface area contributed by atoms with Crippen molar-refractivity contribution in [3.63, 3.8) is 0 Å². The molecule has 1 aromatic rings. The number of hydrogen-bond donors (Lipinski definition) is 7. The van der Waals surface area contributed by atoms with Gasteiger partial charge in [0.15, 0.2) is 5.78 Å². The van der Waals surface area contributed by atoms with Gasteiger partial charge in [0, 0.05) is 42.8 Å². The Bertz CT molecular complexity index is 1310. The predicted octanol–water partition coefficient (Wildman–Crippen LogP) is 0.0565. The fourth-order valence-corrected chi connectivity index (χ4v) is 8.59. The summed E-state index contributed by atoms with van der Waals surface area (Å²) in [6, 6.07) is -0.0668. The van der Waals surface area contributed by atoms with Gasteiger partial charge in [-0.25, -0.2) is 0 Å². The van der Waals surface area contributed by atoms with Crippen LogP contribution in [0.2, 0.25) is 0 Å². The number of ketones is 1. The number of rotatable bonds is 20. The van der Waals surface area contributed by atoms with Gasteiger partial charge in [0.2, 0.25) is 5.91 Å². The number of nitrogens with one attached hydrogen (secondary N) is 1. The highest BCUT2D eigenvalue weighted by Gasteiger charge is 2.46. The minimum atomic E-state index is -1.88. The number of anilines is 1. The first-order valence-corrected chi connectivity index (χ1v) is 16.0. The van der Waals surface area contributed by atoms with Crippen molar-refractivity contribution < 1.29 is 59.1 Å². The first-order valence-electron chi connectivity index (χ1n) is 12.7. The minimum absolute atomic E-state index is 0.0589. The molecule has 0 heterocycles. The number of carboxylic acids is 5. The molecule has 250 valence electrons. The second-order valence-corrected chi connectivity index (χ2v) is 13.4. The standard InChI is InChI=1S/C25H32I3N5O12/c1-12(34)30-22-14(27)5-13(26)20(21(22)28)23(45)24(29)25(2,33(9-18(41)42)10-19(43)44)11-32(8-17(39)40)4-3-31(6-15(35)36)7-16(37)38/h5,24H,3-4,6-11,29H2,1-2H3,(H,30,34)(H,35,36)(H,37,38)(H,39,40)(H,41,42)(H,43,44). The van der Waals surface area contributed by atoms with E-state index in [0.717, 1.165) is 9.80 Å². The van der Waals surface area contributed by atoms with Crippen LogP contribution in [0.4, 0.5) is 5.69 Å². The summed E-state index contributed by atoms with van der Waals surface area (Å²) in [5.74, 6) is -8.16. The zero-order chi connectivity index (χ0) is 34.8. The summed E-state index contributed by atoms with van der Waals surface area (Å²) in [4.78, 5) is 87.1. The Morgan fingerprint density at radius 2 is 1.20 bits per heavy atom. The molecule has 0 bridgehead atoms. The Balaban J connectivity index is 3.77. The minimum Gasteiger partial charge on any atom is -0.480 e. The van der Waals surface area contributed by atoms with Crippen LogP contribution in [0.15, 0.2) is 6.07 Å². The normalized spacial score (nSPS) is 13.4. The van der Waals surface area contributed by atoms with Gasteiger partial charge < -0.3 is 36.6 Å². The SMILES string of the molecule is CC(=O)Nc1c(I)cc(I)c(C(=O)C(N)C(C)(CN(CCN(CC(=O)O)CC(=O)O)CC(=O)O)N(CC(=O)O)CC(=O)O)c1I. The van der Waals surface area contributed by atoms with Gasteiger partial charge in [-0.1, -0.05) is 0 Å². The third-order valence-electron chi connectivity index (χ3n) is 6.40. The van der Waals surface area contributed by atoms with Crippen LogP contribution in [0, 0.1) is 10.7 Å². The average molecular weight is 975 g/mol. The van der Waals surface area contributed by atoms with Gasteiger partial charge in [0.05, 0.1) is 50.0 Å². The molecule has 0 aliphatic carbocycles. The molecule has 0 saturated carbocycles. The second kappa shape index (κ2) is 18.2. The maximum absolute atomic E-state index is 14.1. The van der Waals surface area contributed by atoms with Gasteiger partial charge in [-0.3, -0.25) is 48.3 Å². The molecular formula is C25H32I3N5O12. The summed E-state index contributed by atoms with van der Waals surface area (Å²) in [5, 5.41) is 49.9. The van der Waals surface area contributed by atoms with Gasteiger partial charge in [-0.15, -0.1) is 0 Å². The van der Waals surface area contributed by atoms with E-state index in [4.69, 9.17) is 15.9 Å². The Morgan fingerprint density at radius 1 is 0.778 bits per heavy atom. The smallest absolute Gasteiger partial charge is 0.317 e. The van der Waals surface area contributed by atoms with Crippen LogP contribution in [0.5, 0.6) is 0 Å². The lowest BCUT2D eigenvalue weighted by atomic mass is 9.84. The van der Waals surface area contributed by atoms with Crippen LogP contribution in [-0.4, -0.2) is 146 Å². The molecule has 1 aromatic carbocycles. The van der Waals surface area contributed by atoms with E-state index in [2.05, 4.69) is 5.32 Å². The molecule has 1 rings (SSSR count). The zero-order valence-electron chi connectivity index (χ0n) is 24.0. The van der Waals surface area contributed by atoms with Crippen molar-refractivity contribution in [2.45, 2.75) is 25.4 Å². The first kappa shape index (κ1) is 40.8. The van der Waals surface area contributed by atoms with Crippen molar-refractivity contribution in [2.75, 3.05) is 57.7 Å². The molecule has 0 aliphatic heterocycles. The Labute approximate surface area is 297 Å². The van der Waals surface area contributed by atoms with E-state index in [1.165, 1.54) is 18.7 Å². The quantitative estimate of drug-likeness (QED) is 0.0673. The summed E-state index contributed by atoms with van der Waals surface area (Å²) >= 11 is 5.70. The molecule has 0 aromatic heterocycles. The molecule has 20 heteroatoms. The molecule has 0 fully saturated rings. The number of carbonyl (C=O) groups excluding carboxylic acids is 2. The third-order valence-corrected chi connectivity index (χ3v) is 9.18. The molecule has 8 N–H and O–H groups in total. The van der Waals surface area contributed by atoms with Gasteiger partial charge >= 0.3 is 29.8 Å². The first-order chi connectivity index (χ1) is 20.7. The summed E-state index contributed by atoms with van der Waals surface area (Å²) in [5.41, 5.74) is 5.06. The van der Waals surface area contributed by atoms with E-state index in [0.29, 0.717) is 16.4 Å². The van der Waals surface area contributed by atoms with Gasteiger partial charge in [-0.05, 0) is 80.8 Å². The monoisotopic (exact) mass is 975 g/mol. The number of nitrogens with zero attached hydrogens (tertiary/aromatic N) is 3. The highest BCUT2D eigenvalue weighted by atomic mass is 127. The maximum atomic E-state index is 14.1. The summed E-state index contributed by atoms with van der Waals surface area (Å²) in [7, 11) is 0. The number of carboxylic acid groups (broad SMARTS) is 5. The van der Waals surface area contributed by atoms with Crippen molar-refractivity contribution in [2.24, 2.45) is 5.73 Å². The molecule has 0 radical (unpaired) electrons. The number of hydrogen-bond acceptors (Lipinski definition) is 11. The van der Waals surface area contributed by atoms with E-state index < -0.39 is 92.4 Å². The second-order valence-electron chi connectivity index (χ2n) is 10.0. The topological polar surface area (TPSA) is 268 Å². The number of carbonyl (C=O) groups is 7. The number of amides is 1. The molecule has 2 atom stereocenters. The number of benzene rings is 1. The number of aliphatic carboxylic acids is 5. The largest absolute Gasteiger partial charge is 0.480 e. The van der Waals surface area contributed by atoms with E-state index in [9.17, 15) is 48.9 Å². The van der Waals surface area contributed by atoms with E-state index in [1.54, 1.807) is 6.07 Å². The molecule has 45 heavy (non-hydrogen) atoms. The Morgan fingerprint density at radius 3 is 1.62 bits per heavy atom. The summed E-state index contributed by atoms with van der Waals surface area (Å²) < 4.78 is 1.33. The third kappa shape index (κ3) is 12.8. The highest BCUT2D eigenvalue weighted by molar-refractivity contribution is 14.1. The van der Waals surface area contributed by atoms with Crippen molar-refractivity contribution in [1.82, 2.24) is 14.7 Å². The molecule has 1 amide bonds. The van der Waals surface area contributed by atoms with Crippen molar-refractivity contribution in [1.29, 1.82) is 0 Å². The van der Waals surface area contributed by atoms with Crippen LogP contribution in [0.3, 0.4) is 0 Å². The number of nitrogens with two attached hydrogens (primary N) is 1. The molecule has 0 spiro atoms. The van der Waals surface area contributed by atoms with Crippen molar-refractivity contribution in [3.05, 3.63) is 22.3 Å². The van der Waals surface area contributed by atoms with Crippen LogP contribution in [-0.2, 0) is 28.8 Å². The fourth-order valence-electron chi connectivity index (χ4n) is 4.42. The van der Waals surface area contributed by atoms with Gasteiger partial charge in [-0.2, -0.15) is 0 Å². The predicted molar refractivity (Wildman–Crippen MR) is 182 cm³/mol. The van der Waals surface area contributed by atoms with E-state index >= 15 is 0 Å². The average Bonchev–Trinajstić information content (AvgIpc) is 2.86. The Kier molecular flexibility index (Phi) is 16.5.